The van der Waals surface area contributed by atoms with Crippen LogP contribution in [0.3, 0.4) is 0 Å². The zero-order valence-electron chi connectivity index (χ0n) is 5.83. The van der Waals surface area contributed by atoms with E-state index >= 15 is 0 Å². The Morgan fingerprint density at radius 1 is 1.56 bits per heavy atom. The summed E-state index contributed by atoms with van der Waals surface area (Å²) in [6.07, 6.45) is 3.90. The van der Waals surface area contributed by atoms with Gasteiger partial charge in [0.2, 0.25) is 0 Å². The second-order valence-electron chi connectivity index (χ2n) is 2.28. The molecule has 1 rings (SSSR count). The Bertz CT molecular complexity index is 189. The highest BCUT2D eigenvalue weighted by Crippen LogP contribution is 2.09. The van der Waals surface area contributed by atoms with Crippen LogP contribution >= 0.6 is 0 Å². The molecule has 9 heavy (non-hydrogen) atoms. The van der Waals surface area contributed by atoms with Crippen molar-refractivity contribution in [2.24, 2.45) is 0 Å². The topological polar surface area (TPSA) is 8.17 Å². The zero-order valence-corrected chi connectivity index (χ0v) is 5.83. The molecule has 2 heteroatoms. The van der Waals surface area contributed by atoms with Gasteiger partial charge in [-0.2, -0.15) is 0 Å². The molecule has 2 nitrogen and oxygen atoms in total. The van der Waals surface area contributed by atoms with Gasteiger partial charge in [0, 0.05) is 33.5 Å². The summed E-state index contributed by atoms with van der Waals surface area (Å²) in [5.74, 6) is 0. The minimum Gasteiger partial charge on any atom is -0.376 e. The number of hydrogen-bond acceptors (Lipinski definition) is 1. The molecule has 1 heterocycles. The number of nitrogens with zero attached hydrogens (tertiary/aromatic N) is 2. The van der Waals surface area contributed by atoms with E-state index in [4.69, 9.17) is 0 Å². The minimum atomic E-state index is 1.19. The molecule has 1 aromatic rings. The van der Waals surface area contributed by atoms with E-state index in [1.54, 1.807) is 4.57 Å². The number of rotatable bonds is 1. The fourth-order valence-electron chi connectivity index (χ4n) is 0.693. The molecule has 0 amide bonds. The fraction of sp³-hybridized carbons (Fsp3) is 0.286. The van der Waals surface area contributed by atoms with E-state index in [-0.39, 0.29) is 0 Å². The van der Waals surface area contributed by atoms with Crippen LogP contribution in [0.25, 0.3) is 0 Å². The average Bonchev–Trinajstić information content (AvgIpc) is 2.14. The molecule has 0 bridgehead atoms. The van der Waals surface area contributed by atoms with Crippen molar-refractivity contribution in [3.8, 4) is 0 Å². The SMILES string of the molecule is [CH2]n1ccc(N(C)C)c1. The molecule has 0 spiro atoms. The minimum absolute atomic E-state index is 1.19. The first kappa shape index (κ1) is 6.20. The summed E-state index contributed by atoms with van der Waals surface area (Å²) >= 11 is 0. The predicted molar refractivity (Wildman–Crippen MR) is 39.5 cm³/mol. The van der Waals surface area contributed by atoms with Crippen LogP contribution in [-0.2, 0) is 0 Å². The van der Waals surface area contributed by atoms with Crippen molar-refractivity contribution in [2.45, 2.75) is 0 Å². The molecule has 0 aliphatic carbocycles. The quantitative estimate of drug-likeness (QED) is 0.544. The van der Waals surface area contributed by atoms with Gasteiger partial charge in [-0.15, -0.1) is 0 Å². The van der Waals surface area contributed by atoms with E-state index in [2.05, 4.69) is 7.05 Å². The van der Waals surface area contributed by atoms with Crippen LogP contribution in [-0.4, -0.2) is 18.7 Å². The highest BCUT2D eigenvalue weighted by Gasteiger charge is 1.92. The third-order valence-corrected chi connectivity index (χ3v) is 1.25. The van der Waals surface area contributed by atoms with Gasteiger partial charge < -0.3 is 9.47 Å². The molecular weight excluding hydrogens is 112 g/mol. The number of anilines is 1. The van der Waals surface area contributed by atoms with Crippen LogP contribution in [0.1, 0.15) is 0 Å². The van der Waals surface area contributed by atoms with E-state index in [9.17, 15) is 0 Å². The highest BCUT2D eigenvalue weighted by atomic mass is 15.1. The largest absolute Gasteiger partial charge is 0.376 e. The molecule has 49 valence electrons. The van der Waals surface area contributed by atoms with Gasteiger partial charge >= 0.3 is 0 Å². The van der Waals surface area contributed by atoms with Crippen molar-refractivity contribution in [3.63, 3.8) is 0 Å². The van der Waals surface area contributed by atoms with Gasteiger partial charge in [-0.1, -0.05) is 0 Å². The summed E-state index contributed by atoms with van der Waals surface area (Å²) in [6, 6.07) is 2.02. The first-order valence-corrected chi connectivity index (χ1v) is 2.86. The summed E-state index contributed by atoms with van der Waals surface area (Å²) in [5.41, 5.74) is 1.19. The van der Waals surface area contributed by atoms with Crippen molar-refractivity contribution >= 4 is 5.69 Å². The van der Waals surface area contributed by atoms with Crippen molar-refractivity contribution in [1.29, 1.82) is 0 Å². The Balaban J connectivity index is 2.85. The summed E-state index contributed by atoms with van der Waals surface area (Å²) in [7, 11) is 7.73. The molecule has 0 unspecified atom stereocenters. The Morgan fingerprint density at radius 3 is 2.44 bits per heavy atom. The van der Waals surface area contributed by atoms with Gasteiger partial charge in [-0.05, 0) is 6.07 Å². The first-order valence-electron chi connectivity index (χ1n) is 2.86. The van der Waals surface area contributed by atoms with E-state index in [0.717, 1.165) is 0 Å². The van der Waals surface area contributed by atoms with Crippen molar-refractivity contribution in [3.05, 3.63) is 25.5 Å². The lowest BCUT2D eigenvalue weighted by molar-refractivity contribution is 1.07. The van der Waals surface area contributed by atoms with E-state index in [1.807, 2.05) is 37.5 Å². The highest BCUT2D eigenvalue weighted by molar-refractivity contribution is 5.42. The van der Waals surface area contributed by atoms with E-state index in [1.165, 1.54) is 5.69 Å². The Morgan fingerprint density at radius 2 is 2.22 bits per heavy atom. The summed E-state index contributed by atoms with van der Waals surface area (Å²) < 4.78 is 1.79. The number of aromatic nitrogens is 1. The van der Waals surface area contributed by atoms with Crippen LogP contribution in [0, 0.1) is 7.05 Å². The average molecular weight is 123 g/mol. The Kier molecular flexibility index (Phi) is 1.47. The fourth-order valence-corrected chi connectivity index (χ4v) is 0.693. The molecule has 1 radical (unpaired) electrons. The second-order valence-corrected chi connectivity index (χ2v) is 2.28. The molecular formula is C7H11N2. The summed E-state index contributed by atoms with van der Waals surface area (Å²) in [6.45, 7) is 0. The molecule has 0 saturated heterocycles. The Labute approximate surface area is 55.7 Å². The molecule has 0 saturated carbocycles. The van der Waals surface area contributed by atoms with Gasteiger partial charge in [0.25, 0.3) is 0 Å². The molecule has 0 aliphatic rings. The van der Waals surface area contributed by atoms with E-state index < -0.39 is 0 Å². The smallest absolute Gasteiger partial charge is 0.0540 e. The molecule has 0 atom stereocenters. The van der Waals surface area contributed by atoms with Gasteiger partial charge in [0.15, 0.2) is 0 Å². The standard InChI is InChI=1S/C7H11N2/c1-8(2)7-4-5-9(3)6-7/h4-6H,3H2,1-2H3. The van der Waals surface area contributed by atoms with Gasteiger partial charge in [-0.3, -0.25) is 0 Å². The maximum atomic E-state index is 3.71. The maximum absolute atomic E-state index is 3.71. The summed E-state index contributed by atoms with van der Waals surface area (Å²) in [4.78, 5) is 2.04. The lowest BCUT2D eigenvalue weighted by Gasteiger charge is -2.07. The lowest BCUT2D eigenvalue weighted by Crippen LogP contribution is -2.06. The van der Waals surface area contributed by atoms with Crippen LogP contribution < -0.4 is 4.90 Å². The van der Waals surface area contributed by atoms with Gasteiger partial charge in [0.1, 0.15) is 0 Å². The van der Waals surface area contributed by atoms with E-state index in [0.29, 0.717) is 0 Å². The third kappa shape index (κ3) is 1.25. The lowest BCUT2D eigenvalue weighted by atomic mass is 10.5. The van der Waals surface area contributed by atoms with Crippen LogP contribution in [0.5, 0.6) is 0 Å². The normalized spacial score (nSPS) is 9.67. The van der Waals surface area contributed by atoms with Gasteiger partial charge in [0.05, 0.1) is 5.69 Å². The predicted octanol–water partition coefficient (Wildman–Crippen LogP) is 1.19. The molecule has 0 fully saturated rings. The monoisotopic (exact) mass is 123 g/mol. The first-order chi connectivity index (χ1) is 4.20. The van der Waals surface area contributed by atoms with Gasteiger partial charge in [-0.25, -0.2) is 0 Å². The zero-order chi connectivity index (χ0) is 6.85. The third-order valence-electron chi connectivity index (χ3n) is 1.25. The van der Waals surface area contributed by atoms with Crippen LogP contribution in [0.2, 0.25) is 0 Å². The van der Waals surface area contributed by atoms with Crippen molar-refractivity contribution < 1.29 is 0 Å². The summed E-state index contributed by atoms with van der Waals surface area (Å²) in [5, 5.41) is 0. The molecule has 0 N–H and O–H groups in total. The van der Waals surface area contributed by atoms with Crippen LogP contribution in [0.4, 0.5) is 5.69 Å². The molecule has 1 aromatic heterocycles. The van der Waals surface area contributed by atoms with Crippen LogP contribution in [0.15, 0.2) is 18.5 Å². The number of hydrogen-bond donors (Lipinski definition) is 0. The van der Waals surface area contributed by atoms with Crippen molar-refractivity contribution in [1.82, 2.24) is 4.57 Å². The maximum Gasteiger partial charge on any atom is 0.0540 e. The molecule has 0 aromatic carbocycles. The Hall–Kier alpha value is -0.920. The molecule has 0 aliphatic heterocycles. The van der Waals surface area contributed by atoms with Crippen molar-refractivity contribution in [2.75, 3.05) is 19.0 Å². The second kappa shape index (κ2) is 2.13.